The van der Waals surface area contributed by atoms with Crippen LogP contribution in [0.2, 0.25) is 5.02 Å². The zero-order valence-electron chi connectivity index (χ0n) is 16.9. The third kappa shape index (κ3) is 6.29. The predicted octanol–water partition coefficient (Wildman–Crippen LogP) is 3.15. The number of nitrogens with one attached hydrogen (secondary N) is 2. The fourth-order valence-corrected chi connectivity index (χ4v) is 3.54. The number of hydrogen-bond donors (Lipinski definition) is 2. The molecule has 3 rings (SSSR count). The Labute approximate surface area is 176 Å². The van der Waals surface area contributed by atoms with Crippen molar-refractivity contribution >= 4 is 34.8 Å². The van der Waals surface area contributed by atoms with Crippen molar-refractivity contribution in [2.75, 3.05) is 49.9 Å². The summed E-state index contributed by atoms with van der Waals surface area (Å²) in [6, 6.07) is 13.0. The van der Waals surface area contributed by atoms with Crippen molar-refractivity contribution < 1.29 is 9.59 Å². The van der Waals surface area contributed by atoms with Crippen molar-refractivity contribution in [3.63, 3.8) is 0 Å². The van der Waals surface area contributed by atoms with Gasteiger partial charge in [-0.05, 0) is 49.2 Å². The molecule has 2 amide bonds. The molecule has 7 heteroatoms. The van der Waals surface area contributed by atoms with E-state index in [0.717, 1.165) is 43.0 Å². The molecule has 1 heterocycles. The Morgan fingerprint density at radius 2 is 1.48 bits per heavy atom. The SMILES string of the molecule is Cc1cccc(NC(=O)CN2CCN(CC(=O)Nc3cccc(Cl)c3)CC2)c1C. The number of carbonyl (C=O) groups excluding carboxylic acids is 2. The highest BCUT2D eigenvalue weighted by Gasteiger charge is 2.21. The number of aryl methyl sites for hydroxylation is 1. The van der Waals surface area contributed by atoms with Crippen LogP contribution >= 0.6 is 11.6 Å². The molecule has 0 aromatic heterocycles. The summed E-state index contributed by atoms with van der Waals surface area (Å²) in [5.41, 5.74) is 3.82. The van der Waals surface area contributed by atoms with E-state index in [0.29, 0.717) is 23.8 Å². The standard InChI is InChI=1S/C22H27ClN4O2/c1-16-5-3-8-20(17(16)2)25-22(29)15-27-11-9-26(10-12-27)14-21(28)24-19-7-4-6-18(23)13-19/h3-8,13H,9-12,14-15H2,1-2H3,(H,24,28)(H,25,29). The van der Waals surface area contributed by atoms with Crippen molar-refractivity contribution in [2.45, 2.75) is 13.8 Å². The first kappa shape index (κ1) is 21.3. The molecule has 29 heavy (non-hydrogen) atoms. The van der Waals surface area contributed by atoms with Crippen LogP contribution in [-0.4, -0.2) is 60.9 Å². The van der Waals surface area contributed by atoms with Gasteiger partial charge in [0.05, 0.1) is 13.1 Å². The highest BCUT2D eigenvalue weighted by Crippen LogP contribution is 2.18. The summed E-state index contributed by atoms with van der Waals surface area (Å²) in [6.45, 7) is 7.74. The van der Waals surface area contributed by atoms with Crippen LogP contribution in [0.25, 0.3) is 0 Å². The number of hydrogen-bond acceptors (Lipinski definition) is 4. The maximum absolute atomic E-state index is 12.4. The summed E-state index contributed by atoms with van der Waals surface area (Å²) in [5.74, 6) is -0.0702. The maximum atomic E-state index is 12.4. The lowest BCUT2D eigenvalue weighted by Gasteiger charge is -2.33. The minimum Gasteiger partial charge on any atom is -0.325 e. The third-order valence-corrected chi connectivity index (χ3v) is 5.42. The molecule has 0 unspecified atom stereocenters. The lowest BCUT2D eigenvalue weighted by molar-refractivity contribution is -0.120. The van der Waals surface area contributed by atoms with E-state index < -0.39 is 0 Å². The third-order valence-electron chi connectivity index (χ3n) is 5.19. The van der Waals surface area contributed by atoms with Gasteiger partial charge in [0.15, 0.2) is 0 Å². The minimum atomic E-state index is -0.0617. The van der Waals surface area contributed by atoms with Gasteiger partial charge < -0.3 is 10.6 Å². The molecular weight excluding hydrogens is 388 g/mol. The number of piperazine rings is 1. The van der Waals surface area contributed by atoms with Crippen LogP contribution in [0.15, 0.2) is 42.5 Å². The molecule has 1 aliphatic rings. The van der Waals surface area contributed by atoms with Gasteiger partial charge in [-0.3, -0.25) is 19.4 Å². The van der Waals surface area contributed by atoms with Crippen LogP contribution < -0.4 is 10.6 Å². The quantitative estimate of drug-likeness (QED) is 0.762. The highest BCUT2D eigenvalue weighted by molar-refractivity contribution is 6.30. The molecule has 0 spiro atoms. The average molecular weight is 415 g/mol. The smallest absolute Gasteiger partial charge is 0.238 e. The second-order valence-electron chi connectivity index (χ2n) is 7.41. The predicted molar refractivity (Wildman–Crippen MR) is 118 cm³/mol. The largest absolute Gasteiger partial charge is 0.325 e. The fourth-order valence-electron chi connectivity index (χ4n) is 3.35. The number of anilines is 2. The topological polar surface area (TPSA) is 64.7 Å². The fraction of sp³-hybridized carbons (Fsp3) is 0.364. The van der Waals surface area contributed by atoms with Crippen molar-refractivity contribution in [2.24, 2.45) is 0 Å². The molecule has 1 saturated heterocycles. The monoisotopic (exact) mass is 414 g/mol. The number of halogens is 1. The summed E-state index contributed by atoms with van der Waals surface area (Å²) >= 11 is 5.95. The van der Waals surface area contributed by atoms with E-state index in [4.69, 9.17) is 11.6 Å². The lowest BCUT2D eigenvalue weighted by Crippen LogP contribution is -2.50. The summed E-state index contributed by atoms with van der Waals surface area (Å²) < 4.78 is 0. The van der Waals surface area contributed by atoms with Gasteiger partial charge in [-0.15, -0.1) is 0 Å². The molecule has 0 radical (unpaired) electrons. The van der Waals surface area contributed by atoms with Crippen molar-refractivity contribution in [3.05, 3.63) is 58.6 Å². The van der Waals surface area contributed by atoms with Gasteiger partial charge in [0.1, 0.15) is 0 Å². The Balaban J connectivity index is 1.41. The lowest BCUT2D eigenvalue weighted by atomic mass is 10.1. The number of nitrogens with zero attached hydrogens (tertiary/aromatic N) is 2. The zero-order valence-corrected chi connectivity index (χ0v) is 17.6. The van der Waals surface area contributed by atoms with Crippen LogP contribution in [-0.2, 0) is 9.59 Å². The first-order valence-electron chi connectivity index (χ1n) is 9.77. The van der Waals surface area contributed by atoms with Crippen molar-refractivity contribution in [3.8, 4) is 0 Å². The molecule has 0 aliphatic carbocycles. The Hall–Kier alpha value is -2.41. The molecule has 0 bridgehead atoms. The average Bonchev–Trinajstić information content (AvgIpc) is 2.67. The number of rotatable bonds is 6. The number of benzene rings is 2. The summed E-state index contributed by atoms with van der Waals surface area (Å²) in [5, 5.41) is 6.47. The van der Waals surface area contributed by atoms with E-state index in [2.05, 4.69) is 20.4 Å². The van der Waals surface area contributed by atoms with Gasteiger partial charge in [0.25, 0.3) is 0 Å². The molecule has 1 aliphatic heterocycles. The number of carbonyl (C=O) groups is 2. The molecule has 1 fully saturated rings. The molecule has 2 aromatic carbocycles. The zero-order chi connectivity index (χ0) is 20.8. The van der Waals surface area contributed by atoms with Gasteiger partial charge in [-0.25, -0.2) is 0 Å². The van der Waals surface area contributed by atoms with Gasteiger partial charge in [-0.1, -0.05) is 29.8 Å². The van der Waals surface area contributed by atoms with Gasteiger partial charge in [0, 0.05) is 42.6 Å². The Kier molecular flexibility index (Phi) is 7.25. The number of amides is 2. The summed E-state index contributed by atoms with van der Waals surface area (Å²) in [6.07, 6.45) is 0. The molecular formula is C22H27ClN4O2. The molecule has 6 nitrogen and oxygen atoms in total. The van der Waals surface area contributed by atoms with Crippen LogP contribution in [0.1, 0.15) is 11.1 Å². The van der Waals surface area contributed by atoms with Crippen molar-refractivity contribution in [1.29, 1.82) is 0 Å². The highest BCUT2D eigenvalue weighted by atomic mass is 35.5. The van der Waals surface area contributed by atoms with Crippen LogP contribution in [0.4, 0.5) is 11.4 Å². The first-order valence-corrected chi connectivity index (χ1v) is 10.1. The second kappa shape index (κ2) is 9.87. The first-order chi connectivity index (χ1) is 13.9. The van der Waals surface area contributed by atoms with E-state index in [1.807, 2.05) is 38.1 Å². The second-order valence-corrected chi connectivity index (χ2v) is 7.84. The van der Waals surface area contributed by atoms with E-state index >= 15 is 0 Å². The Bertz CT molecular complexity index is 879. The molecule has 2 N–H and O–H groups in total. The van der Waals surface area contributed by atoms with E-state index in [-0.39, 0.29) is 11.8 Å². The van der Waals surface area contributed by atoms with Gasteiger partial charge >= 0.3 is 0 Å². The molecule has 0 saturated carbocycles. The van der Waals surface area contributed by atoms with Crippen LogP contribution in [0.5, 0.6) is 0 Å². The summed E-state index contributed by atoms with van der Waals surface area (Å²) in [4.78, 5) is 28.8. The Morgan fingerprint density at radius 3 is 2.10 bits per heavy atom. The van der Waals surface area contributed by atoms with Crippen LogP contribution in [0, 0.1) is 13.8 Å². The van der Waals surface area contributed by atoms with Gasteiger partial charge in [-0.2, -0.15) is 0 Å². The van der Waals surface area contributed by atoms with E-state index in [1.54, 1.807) is 18.2 Å². The molecule has 2 aromatic rings. The van der Waals surface area contributed by atoms with Crippen molar-refractivity contribution in [1.82, 2.24) is 9.80 Å². The Morgan fingerprint density at radius 1 is 0.897 bits per heavy atom. The van der Waals surface area contributed by atoms with E-state index in [1.165, 1.54) is 0 Å². The van der Waals surface area contributed by atoms with E-state index in [9.17, 15) is 9.59 Å². The summed E-state index contributed by atoms with van der Waals surface area (Å²) in [7, 11) is 0. The molecule has 154 valence electrons. The normalized spacial score (nSPS) is 15.1. The maximum Gasteiger partial charge on any atom is 0.238 e. The molecule has 0 atom stereocenters. The minimum absolute atomic E-state index is 0.00847. The van der Waals surface area contributed by atoms with Gasteiger partial charge in [0.2, 0.25) is 11.8 Å². The van der Waals surface area contributed by atoms with Crippen LogP contribution in [0.3, 0.4) is 0 Å².